The average Bonchev–Trinajstić information content (AvgIpc) is 2.66. The van der Waals surface area contributed by atoms with Crippen LogP contribution in [0.3, 0.4) is 0 Å². The predicted molar refractivity (Wildman–Crippen MR) is 98.8 cm³/mol. The zero-order valence-corrected chi connectivity index (χ0v) is 16.3. The minimum Gasteiger partial charge on any atom is -0.274 e. The molecule has 0 aliphatic carbocycles. The molecule has 0 aromatic heterocycles. The number of thiol groups is 1. The van der Waals surface area contributed by atoms with Gasteiger partial charge in [0.05, 0.1) is 24.0 Å². The molecule has 6 nitrogen and oxygen atoms in total. The maximum atomic E-state index is 13.3. The molecule has 0 saturated heterocycles. The fourth-order valence-corrected chi connectivity index (χ4v) is 3.44. The topological polar surface area (TPSA) is 66.9 Å². The molecule has 0 unspecified atom stereocenters. The first kappa shape index (κ1) is 21.7. The van der Waals surface area contributed by atoms with Crippen LogP contribution in [0.1, 0.15) is 28.4 Å². The third kappa shape index (κ3) is 4.45. The molecule has 0 N–H and O–H groups in total. The molecule has 28 heavy (non-hydrogen) atoms. The van der Waals surface area contributed by atoms with E-state index in [0.717, 1.165) is 21.5 Å². The summed E-state index contributed by atoms with van der Waals surface area (Å²) in [4.78, 5) is 17.1. The fraction of sp³-hybridized carbons (Fsp3) is 0.278. The van der Waals surface area contributed by atoms with E-state index in [1.807, 2.05) is 0 Å². The van der Waals surface area contributed by atoms with Crippen molar-refractivity contribution in [2.45, 2.75) is 19.5 Å². The Labute approximate surface area is 162 Å². The fourth-order valence-electron chi connectivity index (χ4n) is 2.77. The van der Waals surface area contributed by atoms with E-state index >= 15 is 0 Å². The molecule has 0 fully saturated rings. The third-order valence-corrected chi connectivity index (χ3v) is 4.87. The number of amides is 1. The second kappa shape index (κ2) is 8.61. The summed E-state index contributed by atoms with van der Waals surface area (Å²) in [6.45, 7) is 1.51. The predicted octanol–water partition coefficient (Wildman–Crippen LogP) is 3.57. The lowest BCUT2D eigenvalue weighted by Gasteiger charge is -2.24. The minimum absolute atomic E-state index is 0.0320. The van der Waals surface area contributed by atoms with Crippen LogP contribution in [0.15, 0.2) is 42.5 Å². The van der Waals surface area contributed by atoms with Gasteiger partial charge in [-0.2, -0.15) is 13.2 Å². The second-order valence-corrected chi connectivity index (χ2v) is 6.62. The zero-order chi connectivity index (χ0) is 21.1. The molecule has 2 aromatic carbocycles. The van der Waals surface area contributed by atoms with E-state index in [9.17, 15) is 26.4 Å². The summed E-state index contributed by atoms with van der Waals surface area (Å²) in [5.74, 6) is -0.537. The molecule has 0 aliphatic rings. The number of carbonyl (C=O) groups is 1. The van der Waals surface area contributed by atoms with Gasteiger partial charge in [-0.25, -0.2) is 17.8 Å². The van der Waals surface area contributed by atoms with E-state index < -0.39 is 28.5 Å². The molecule has 0 radical (unpaired) electrons. The van der Waals surface area contributed by atoms with Crippen molar-refractivity contribution < 1.29 is 31.2 Å². The van der Waals surface area contributed by atoms with Crippen molar-refractivity contribution in [3.63, 3.8) is 0 Å². The number of hydrogen-bond acceptors (Lipinski definition) is 4. The number of hydrogen-bond donors (Lipinski definition) is 1. The molecule has 0 bridgehead atoms. The SMILES string of the molecule is CCc1c(N(c2cccc(C(=O)N(C)OC)c2)[SH](=O)=O)cccc1C(F)(F)F. The molecule has 0 heterocycles. The summed E-state index contributed by atoms with van der Waals surface area (Å²) < 4.78 is 64.7. The summed E-state index contributed by atoms with van der Waals surface area (Å²) >= 11 is 0. The Hall–Kier alpha value is -2.59. The largest absolute Gasteiger partial charge is 0.416 e. The summed E-state index contributed by atoms with van der Waals surface area (Å²) in [6.07, 6.45) is -4.66. The van der Waals surface area contributed by atoms with Crippen LogP contribution in [-0.2, 0) is 28.3 Å². The van der Waals surface area contributed by atoms with Gasteiger partial charge in [0.2, 0.25) is 10.9 Å². The Morgan fingerprint density at radius 2 is 1.79 bits per heavy atom. The van der Waals surface area contributed by atoms with Crippen molar-refractivity contribution in [2.75, 3.05) is 18.5 Å². The van der Waals surface area contributed by atoms with Crippen LogP contribution in [0.2, 0.25) is 0 Å². The number of alkyl halides is 3. The van der Waals surface area contributed by atoms with Gasteiger partial charge in [0.25, 0.3) is 5.91 Å². The zero-order valence-electron chi connectivity index (χ0n) is 15.4. The van der Waals surface area contributed by atoms with E-state index in [2.05, 4.69) is 0 Å². The Kier molecular flexibility index (Phi) is 6.68. The Morgan fingerprint density at radius 3 is 2.32 bits per heavy atom. The Bertz CT molecular complexity index is 937. The highest BCUT2D eigenvalue weighted by Gasteiger charge is 2.34. The van der Waals surface area contributed by atoms with Crippen molar-refractivity contribution in [1.29, 1.82) is 0 Å². The molecule has 0 atom stereocenters. The summed E-state index contributed by atoms with van der Waals surface area (Å²) in [6, 6.07) is 8.93. The number of nitrogens with zero attached hydrogens (tertiary/aromatic N) is 2. The smallest absolute Gasteiger partial charge is 0.274 e. The van der Waals surface area contributed by atoms with Crippen LogP contribution < -0.4 is 4.31 Å². The maximum absolute atomic E-state index is 13.3. The number of hydroxylamine groups is 2. The van der Waals surface area contributed by atoms with Gasteiger partial charge in [-0.3, -0.25) is 9.63 Å². The molecule has 2 rings (SSSR count). The van der Waals surface area contributed by atoms with E-state index in [0.29, 0.717) is 0 Å². The number of halogens is 3. The van der Waals surface area contributed by atoms with Gasteiger partial charge in [0.15, 0.2) is 0 Å². The van der Waals surface area contributed by atoms with Crippen LogP contribution in [0.5, 0.6) is 0 Å². The number of benzene rings is 2. The van der Waals surface area contributed by atoms with Crippen molar-refractivity contribution in [3.8, 4) is 0 Å². The van der Waals surface area contributed by atoms with Crippen LogP contribution in [0.25, 0.3) is 0 Å². The standard InChI is InChI=1S/C18H19F3N2O4S/c1-4-14-15(18(19,20)21)9-6-10-16(14)23(28(25)26)13-8-5-7-12(11-13)17(24)22(2)27-3/h5-11,28H,4H2,1-3H3. The van der Waals surface area contributed by atoms with Crippen LogP contribution in [0, 0.1) is 0 Å². The lowest BCUT2D eigenvalue weighted by Crippen LogP contribution is -2.25. The summed E-state index contributed by atoms with van der Waals surface area (Å²) in [7, 11) is -0.659. The molecule has 0 saturated carbocycles. The van der Waals surface area contributed by atoms with Gasteiger partial charge in [0.1, 0.15) is 0 Å². The van der Waals surface area contributed by atoms with Crippen LogP contribution in [0.4, 0.5) is 24.5 Å². The normalized spacial score (nSPS) is 11.5. The maximum Gasteiger partial charge on any atom is 0.416 e. The van der Waals surface area contributed by atoms with Gasteiger partial charge >= 0.3 is 6.18 Å². The van der Waals surface area contributed by atoms with Gasteiger partial charge in [0, 0.05) is 12.6 Å². The van der Waals surface area contributed by atoms with Crippen LogP contribution >= 0.6 is 0 Å². The molecule has 152 valence electrons. The summed E-state index contributed by atoms with van der Waals surface area (Å²) in [5, 5.41) is 0.947. The van der Waals surface area contributed by atoms with E-state index in [-0.39, 0.29) is 28.9 Å². The van der Waals surface area contributed by atoms with Crippen molar-refractivity contribution in [3.05, 3.63) is 59.2 Å². The highest BCUT2D eigenvalue weighted by Crippen LogP contribution is 2.38. The van der Waals surface area contributed by atoms with Crippen LogP contribution in [-0.4, -0.2) is 33.5 Å². The average molecular weight is 416 g/mol. The van der Waals surface area contributed by atoms with Gasteiger partial charge < -0.3 is 0 Å². The second-order valence-electron chi connectivity index (χ2n) is 5.74. The third-order valence-electron chi connectivity index (χ3n) is 4.10. The first-order valence-corrected chi connectivity index (χ1v) is 9.30. The molecular formula is C18H19F3N2O4S. The first-order valence-electron chi connectivity index (χ1n) is 8.17. The Morgan fingerprint density at radius 1 is 1.14 bits per heavy atom. The van der Waals surface area contributed by atoms with Crippen molar-refractivity contribution in [1.82, 2.24) is 5.06 Å². The van der Waals surface area contributed by atoms with E-state index in [4.69, 9.17) is 4.84 Å². The first-order chi connectivity index (χ1) is 13.1. The lowest BCUT2D eigenvalue weighted by molar-refractivity contribution is -0.138. The number of anilines is 2. The number of rotatable bonds is 6. The van der Waals surface area contributed by atoms with E-state index in [1.54, 1.807) is 0 Å². The molecular weight excluding hydrogens is 397 g/mol. The minimum atomic E-state index is -4.62. The van der Waals surface area contributed by atoms with Crippen molar-refractivity contribution in [2.24, 2.45) is 0 Å². The van der Waals surface area contributed by atoms with Crippen molar-refractivity contribution >= 4 is 28.2 Å². The van der Waals surface area contributed by atoms with E-state index in [1.165, 1.54) is 51.4 Å². The molecule has 10 heteroatoms. The highest BCUT2D eigenvalue weighted by atomic mass is 32.2. The molecule has 1 amide bonds. The Balaban J connectivity index is 2.65. The van der Waals surface area contributed by atoms with Gasteiger partial charge in [-0.1, -0.05) is 19.1 Å². The number of carbonyl (C=O) groups excluding carboxylic acids is 1. The molecule has 0 spiro atoms. The monoisotopic (exact) mass is 416 g/mol. The van der Waals surface area contributed by atoms with Gasteiger partial charge in [-0.15, -0.1) is 0 Å². The highest BCUT2D eigenvalue weighted by molar-refractivity contribution is 7.74. The lowest BCUT2D eigenvalue weighted by atomic mass is 10.0. The van der Waals surface area contributed by atoms with Gasteiger partial charge in [-0.05, 0) is 42.3 Å². The quantitative estimate of drug-likeness (QED) is 0.578. The molecule has 2 aromatic rings. The molecule has 0 aliphatic heterocycles. The summed E-state index contributed by atoms with van der Waals surface area (Å²) in [5.41, 5.74) is -1.01.